The van der Waals surface area contributed by atoms with E-state index in [4.69, 9.17) is 24.1 Å². The Morgan fingerprint density at radius 1 is 1.17 bits per heavy atom. The molecule has 0 aliphatic carbocycles. The highest BCUT2D eigenvalue weighted by Gasteiger charge is 2.25. The van der Waals surface area contributed by atoms with Gasteiger partial charge in [-0.05, 0) is 25.1 Å². The number of halogens is 1. The van der Waals surface area contributed by atoms with Gasteiger partial charge in [0, 0.05) is 29.9 Å². The van der Waals surface area contributed by atoms with Gasteiger partial charge in [-0.3, -0.25) is 4.79 Å². The van der Waals surface area contributed by atoms with Crippen LogP contribution in [0.5, 0.6) is 11.6 Å². The van der Waals surface area contributed by atoms with Crippen molar-refractivity contribution in [3.05, 3.63) is 102 Å². The molecule has 10 heteroatoms. The third-order valence-electron chi connectivity index (χ3n) is 4.92. The molecule has 4 rings (SSSR count). The van der Waals surface area contributed by atoms with Gasteiger partial charge in [0.05, 0.1) is 0 Å². The zero-order valence-corrected chi connectivity index (χ0v) is 18.5. The molecule has 9 nitrogen and oxygen atoms in total. The maximum atomic E-state index is 14.4. The van der Waals surface area contributed by atoms with Gasteiger partial charge in [0.25, 0.3) is 12.2 Å². The molecule has 0 bridgehead atoms. The number of amides is 1. The predicted octanol–water partition coefficient (Wildman–Crippen LogP) is 3.93. The lowest BCUT2D eigenvalue weighted by molar-refractivity contribution is -0.144. The lowest BCUT2D eigenvalue weighted by Crippen LogP contribution is -2.24. The molecule has 0 radical (unpaired) electrons. The van der Waals surface area contributed by atoms with Crippen molar-refractivity contribution in [3.8, 4) is 11.6 Å². The van der Waals surface area contributed by atoms with Gasteiger partial charge in [-0.15, -0.1) is 0 Å². The number of rotatable bonds is 9. The summed E-state index contributed by atoms with van der Waals surface area (Å²) in [5.74, 6) is -2.29. The maximum absolute atomic E-state index is 14.4. The van der Waals surface area contributed by atoms with Crippen molar-refractivity contribution in [2.24, 2.45) is 0 Å². The summed E-state index contributed by atoms with van der Waals surface area (Å²) in [6.07, 6.45) is 0.934. The number of aromatic nitrogens is 1. The fourth-order valence-corrected chi connectivity index (χ4v) is 3.09. The second-order valence-corrected chi connectivity index (χ2v) is 7.43. The number of carbonyl (C=O) groups is 2. The molecule has 35 heavy (non-hydrogen) atoms. The molecule has 180 valence electrons. The van der Waals surface area contributed by atoms with Gasteiger partial charge < -0.3 is 29.4 Å². The lowest BCUT2D eigenvalue weighted by Gasteiger charge is -2.13. The van der Waals surface area contributed by atoms with Crippen molar-refractivity contribution in [2.75, 3.05) is 0 Å². The Balaban J connectivity index is 1.37. The smallest absolute Gasteiger partial charge is 0.344 e. The summed E-state index contributed by atoms with van der Waals surface area (Å²) < 4.78 is 36.3. The van der Waals surface area contributed by atoms with Gasteiger partial charge >= 0.3 is 11.9 Å². The van der Waals surface area contributed by atoms with E-state index < -0.39 is 30.1 Å². The van der Waals surface area contributed by atoms with E-state index in [2.05, 4.69) is 10.3 Å². The van der Waals surface area contributed by atoms with Crippen molar-refractivity contribution in [2.45, 2.75) is 25.9 Å². The fourth-order valence-electron chi connectivity index (χ4n) is 3.09. The first kappa shape index (κ1) is 23.6. The number of nitrogens with zero attached hydrogens (tertiary/aromatic N) is 1. The molecule has 1 aliphatic rings. The Morgan fingerprint density at radius 3 is 2.71 bits per heavy atom. The van der Waals surface area contributed by atoms with E-state index in [0.717, 1.165) is 11.6 Å². The van der Waals surface area contributed by atoms with E-state index in [0.29, 0.717) is 0 Å². The molecule has 1 aromatic heterocycles. The van der Waals surface area contributed by atoms with Crippen LogP contribution in [0.3, 0.4) is 0 Å². The van der Waals surface area contributed by atoms with E-state index in [1.807, 2.05) is 30.3 Å². The van der Waals surface area contributed by atoms with Crippen LogP contribution in [0, 0.1) is 5.82 Å². The second kappa shape index (κ2) is 10.6. The van der Waals surface area contributed by atoms with Gasteiger partial charge in [-0.25, -0.2) is 14.2 Å². The quantitative estimate of drug-likeness (QED) is 0.473. The number of carbonyl (C=O) groups excluding carboxylic acids is 1. The van der Waals surface area contributed by atoms with Crippen LogP contribution in [0.25, 0.3) is 0 Å². The number of benzene rings is 2. The first-order valence-corrected chi connectivity index (χ1v) is 10.6. The molecule has 1 unspecified atom stereocenters. The predicted molar refractivity (Wildman–Crippen MR) is 120 cm³/mol. The number of carboxylic acid groups (broad SMARTS) is 1. The minimum absolute atomic E-state index is 0.0135. The first-order valence-electron chi connectivity index (χ1n) is 10.6. The molecule has 2 aromatic carbocycles. The second-order valence-electron chi connectivity index (χ2n) is 7.43. The van der Waals surface area contributed by atoms with Crippen LogP contribution in [-0.2, 0) is 20.8 Å². The number of carboxylic acids is 1. The third kappa shape index (κ3) is 5.85. The zero-order chi connectivity index (χ0) is 24.8. The van der Waals surface area contributed by atoms with Gasteiger partial charge in [-0.1, -0.05) is 36.4 Å². The molecule has 0 saturated heterocycles. The SMILES string of the molecule is C[C@@H](Oc1ccc(CNC(=O)c2cccnc2OC2=COC(c3ccccc3)O2)c(F)c1)C(=O)O. The molecule has 2 atom stereocenters. The minimum Gasteiger partial charge on any atom is -0.479 e. The summed E-state index contributed by atoms with van der Waals surface area (Å²) >= 11 is 0. The number of hydrogen-bond acceptors (Lipinski definition) is 7. The van der Waals surface area contributed by atoms with Crippen molar-refractivity contribution in [1.29, 1.82) is 0 Å². The van der Waals surface area contributed by atoms with Crippen LogP contribution in [0.2, 0.25) is 0 Å². The van der Waals surface area contributed by atoms with Crippen LogP contribution in [0.15, 0.2) is 79.1 Å². The van der Waals surface area contributed by atoms with Crippen LogP contribution in [0.1, 0.15) is 34.7 Å². The number of nitrogens with one attached hydrogen (secondary N) is 1. The molecule has 0 spiro atoms. The zero-order valence-electron chi connectivity index (χ0n) is 18.5. The summed E-state index contributed by atoms with van der Waals surface area (Å²) in [6.45, 7) is 1.20. The van der Waals surface area contributed by atoms with Crippen LogP contribution in [0.4, 0.5) is 4.39 Å². The topological polar surface area (TPSA) is 116 Å². The number of ether oxygens (including phenoxy) is 4. The largest absolute Gasteiger partial charge is 0.479 e. The Bertz CT molecular complexity index is 1250. The van der Waals surface area contributed by atoms with Crippen molar-refractivity contribution < 1.29 is 38.0 Å². The highest BCUT2D eigenvalue weighted by atomic mass is 19.1. The first-order chi connectivity index (χ1) is 16.9. The highest BCUT2D eigenvalue weighted by Crippen LogP contribution is 2.30. The third-order valence-corrected chi connectivity index (χ3v) is 4.92. The van der Waals surface area contributed by atoms with E-state index in [1.54, 1.807) is 6.07 Å². The Hall–Kier alpha value is -4.60. The Kier molecular flexibility index (Phi) is 7.10. The molecule has 2 N–H and O–H groups in total. The van der Waals surface area contributed by atoms with E-state index in [-0.39, 0.29) is 35.2 Å². The number of aliphatic carboxylic acids is 1. The Morgan fingerprint density at radius 2 is 1.97 bits per heavy atom. The number of hydrogen-bond donors (Lipinski definition) is 2. The van der Waals surface area contributed by atoms with Crippen molar-refractivity contribution >= 4 is 11.9 Å². The molecule has 1 amide bonds. The fraction of sp³-hybridized carbons (Fsp3) is 0.160. The van der Waals surface area contributed by atoms with E-state index >= 15 is 0 Å². The van der Waals surface area contributed by atoms with Crippen molar-refractivity contribution in [1.82, 2.24) is 10.3 Å². The highest BCUT2D eigenvalue weighted by molar-refractivity contribution is 5.96. The van der Waals surface area contributed by atoms with Gasteiger partial charge in [0.2, 0.25) is 5.88 Å². The van der Waals surface area contributed by atoms with Gasteiger partial charge in [-0.2, -0.15) is 0 Å². The minimum atomic E-state index is -1.17. The average Bonchev–Trinajstić information content (AvgIpc) is 3.32. The molecule has 0 fully saturated rings. The van der Waals surface area contributed by atoms with Gasteiger partial charge in [0.15, 0.2) is 12.4 Å². The summed E-state index contributed by atoms with van der Waals surface area (Å²) in [6, 6.07) is 16.2. The summed E-state index contributed by atoms with van der Waals surface area (Å²) in [5.41, 5.74) is 1.08. The molecular weight excluding hydrogens is 459 g/mol. The van der Waals surface area contributed by atoms with Gasteiger partial charge in [0.1, 0.15) is 17.1 Å². The summed E-state index contributed by atoms with van der Waals surface area (Å²) in [7, 11) is 0. The standard InChI is InChI=1S/C25H21FN2O7/c1-15(24(30)31)33-18-10-9-17(20(26)12-18)13-28-22(29)19-8-5-11-27-23(19)34-21-14-32-25(35-21)16-6-3-2-4-7-16/h2-12,14-15,25H,13H2,1H3,(H,28,29)(H,30,31)/t15-,25?/m1/s1. The van der Waals surface area contributed by atoms with Crippen molar-refractivity contribution in [3.63, 3.8) is 0 Å². The van der Waals surface area contributed by atoms with E-state index in [1.165, 1.54) is 37.6 Å². The molecule has 1 aliphatic heterocycles. The van der Waals surface area contributed by atoms with Crippen LogP contribution < -0.4 is 14.8 Å². The molecule has 2 heterocycles. The number of pyridine rings is 1. The maximum Gasteiger partial charge on any atom is 0.344 e. The monoisotopic (exact) mass is 480 g/mol. The van der Waals surface area contributed by atoms with Crippen LogP contribution >= 0.6 is 0 Å². The summed E-state index contributed by atoms with van der Waals surface area (Å²) in [4.78, 5) is 27.7. The molecular formula is C25H21FN2O7. The van der Waals surface area contributed by atoms with Crippen LogP contribution in [-0.4, -0.2) is 28.1 Å². The average molecular weight is 480 g/mol. The summed E-state index contributed by atoms with van der Waals surface area (Å²) in [5, 5.41) is 11.5. The molecule has 3 aromatic rings. The normalized spacial score (nSPS) is 15.3. The lowest BCUT2D eigenvalue weighted by atomic mass is 10.2. The Labute approximate surface area is 199 Å². The molecule has 0 saturated carbocycles. The van der Waals surface area contributed by atoms with E-state index in [9.17, 15) is 14.0 Å².